The van der Waals surface area contributed by atoms with Gasteiger partial charge in [0.2, 0.25) is 17.6 Å². The van der Waals surface area contributed by atoms with Crippen LogP contribution in [-0.2, 0) is 76.0 Å². The van der Waals surface area contributed by atoms with Crippen molar-refractivity contribution in [1.82, 2.24) is 10.6 Å². The van der Waals surface area contributed by atoms with Gasteiger partial charge in [-0.05, 0) is 51.4 Å². The number of nitrogens with zero attached hydrogens (tertiary/aromatic N) is 1. The Morgan fingerprint density at radius 2 is 1.01 bits per heavy atom. The molecule has 3 saturated heterocycles. The predicted octanol–water partition coefficient (Wildman–Crippen LogP) is 1.65. The zero-order chi connectivity index (χ0) is 52.1. The Labute approximate surface area is 408 Å². The number of aliphatic hydroxyl groups excluding tert-OH is 3. The standard InChI is InChI=1S/C19H35NO7.C15H29NO8.C13H21NO4/c1-7-23-8-9-24-10-11-26-19(6)18(20-15(4)21)14(3)13(2)17(27-19)12-25-16(5)22;1-4-21-5-6-22-7-8-23-15(3)14(16-10(2)18)13(20)12(19)11(9-17)24-15;1-7-8(2)12-13(5,17-9(3)14-12)18-11(7)6-16-10(4)15/h13-14,17-18H,7-12H2,1-6H3,(H,20,21);11-14,17,19-20H,4-9H2,1-3H3,(H,16,18);7-8,11-12H,6H2,1-5H3/t13-,14+,17?,18?,19+;11?,12-,13-,14?,15-;7-,8+,11?,12?,13+/m101/s1. The highest BCUT2D eigenvalue weighted by Crippen LogP contribution is 2.43. The third kappa shape index (κ3) is 19.4. The van der Waals surface area contributed by atoms with Gasteiger partial charge in [-0.3, -0.25) is 19.2 Å². The van der Waals surface area contributed by atoms with Crippen LogP contribution in [0.3, 0.4) is 0 Å². The topological polar surface area (TPSA) is 276 Å². The van der Waals surface area contributed by atoms with Gasteiger partial charge in [-0.25, -0.2) is 4.99 Å². The van der Waals surface area contributed by atoms with E-state index in [-0.39, 0.29) is 86.3 Å². The molecular formula is C47H85N3O19. The Kier molecular flexibility index (Phi) is 27.0. The molecule has 0 aromatic carbocycles. The lowest BCUT2D eigenvalue weighted by Crippen LogP contribution is -2.70. The second-order valence-electron chi connectivity index (χ2n) is 18.1. The van der Waals surface area contributed by atoms with Crippen LogP contribution < -0.4 is 10.6 Å². The van der Waals surface area contributed by atoms with Crippen LogP contribution in [0.15, 0.2) is 4.99 Å². The van der Waals surface area contributed by atoms with E-state index in [4.69, 9.17) is 56.8 Å². The third-order valence-corrected chi connectivity index (χ3v) is 12.6. The van der Waals surface area contributed by atoms with E-state index in [0.717, 1.165) is 0 Å². The first-order valence-electron chi connectivity index (χ1n) is 24.0. The van der Waals surface area contributed by atoms with E-state index >= 15 is 0 Å². The molecule has 0 radical (unpaired) electrons. The predicted molar refractivity (Wildman–Crippen MR) is 249 cm³/mol. The van der Waals surface area contributed by atoms with Crippen LogP contribution in [0.25, 0.3) is 0 Å². The van der Waals surface area contributed by atoms with Crippen molar-refractivity contribution in [2.45, 2.75) is 163 Å². The molecule has 6 unspecified atom stereocenters. The molecule has 0 bridgehead atoms. The lowest BCUT2D eigenvalue weighted by molar-refractivity contribution is -0.329. The van der Waals surface area contributed by atoms with Crippen molar-refractivity contribution in [3.63, 3.8) is 0 Å². The van der Waals surface area contributed by atoms with Crippen LogP contribution in [0.4, 0.5) is 0 Å². The monoisotopic (exact) mass is 996 g/mol. The maximum Gasteiger partial charge on any atom is 0.302 e. The second-order valence-corrected chi connectivity index (χ2v) is 18.1. The molecule has 0 saturated carbocycles. The van der Waals surface area contributed by atoms with Crippen molar-refractivity contribution in [3.05, 3.63) is 0 Å². The zero-order valence-corrected chi connectivity index (χ0v) is 43.4. The molecule has 0 aromatic rings. The number of hydrogen-bond acceptors (Lipinski definition) is 20. The molecule has 0 aromatic heterocycles. The summed E-state index contributed by atoms with van der Waals surface area (Å²) in [5, 5.41) is 35.0. The number of aliphatic hydroxyl groups is 3. The van der Waals surface area contributed by atoms with Crippen LogP contribution in [0.2, 0.25) is 0 Å². The van der Waals surface area contributed by atoms with Gasteiger partial charge in [-0.1, -0.05) is 27.7 Å². The number of fused-ring (bicyclic) bond motifs is 1. The first-order valence-corrected chi connectivity index (χ1v) is 24.0. The van der Waals surface area contributed by atoms with Crippen molar-refractivity contribution in [1.29, 1.82) is 0 Å². The van der Waals surface area contributed by atoms with Crippen molar-refractivity contribution < 1.29 is 91.3 Å². The molecule has 5 N–H and O–H groups in total. The van der Waals surface area contributed by atoms with Crippen LogP contribution >= 0.6 is 0 Å². The molecule has 4 aliphatic heterocycles. The fourth-order valence-corrected chi connectivity index (χ4v) is 8.60. The molecule has 4 heterocycles. The molecule has 2 amide bonds. The van der Waals surface area contributed by atoms with Crippen LogP contribution in [0.1, 0.15) is 96.9 Å². The number of ether oxygens (including phenoxy) is 12. The normalized spacial score (nSPS) is 34.8. The quantitative estimate of drug-likeness (QED) is 0.0719. The smallest absolute Gasteiger partial charge is 0.302 e. The third-order valence-electron chi connectivity index (χ3n) is 12.6. The average molecular weight is 996 g/mol. The molecular weight excluding hydrogens is 911 g/mol. The Morgan fingerprint density at radius 1 is 0.594 bits per heavy atom. The van der Waals surface area contributed by atoms with Gasteiger partial charge in [0, 0.05) is 54.8 Å². The highest BCUT2D eigenvalue weighted by molar-refractivity contribution is 5.76. The van der Waals surface area contributed by atoms with E-state index in [1.807, 2.05) is 41.5 Å². The largest absolute Gasteiger partial charge is 0.463 e. The van der Waals surface area contributed by atoms with Gasteiger partial charge < -0.3 is 82.8 Å². The summed E-state index contributed by atoms with van der Waals surface area (Å²) >= 11 is 0. The Balaban J connectivity index is 0.000000361. The molecule has 3 fully saturated rings. The average Bonchev–Trinajstić information content (AvgIpc) is 3.60. The van der Waals surface area contributed by atoms with Crippen molar-refractivity contribution in [3.8, 4) is 0 Å². The number of esters is 2. The van der Waals surface area contributed by atoms with Crippen LogP contribution in [-0.4, -0.2) is 197 Å². The summed E-state index contributed by atoms with van der Waals surface area (Å²) in [7, 11) is 0. The van der Waals surface area contributed by atoms with Gasteiger partial charge in [0.05, 0.1) is 77.7 Å². The highest BCUT2D eigenvalue weighted by atomic mass is 16.7. The minimum absolute atomic E-state index is 0.0149. The Hall–Kier alpha value is -3.13. The Bertz CT molecular complexity index is 1590. The first-order chi connectivity index (χ1) is 32.4. The number of aliphatic imine (C=N–C) groups is 1. The maximum atomic E-state index is 11.7. The number of carbonyl (C=O) groups excluding carboxylic acids is 4. The van der Waals surface area contributed by atoms with E-state index in [9.17, 15) is 34.5 Å². The number of hydrogen-bond donors (Lipinski definition) is 5. The summed E-state index contributed by atoms with van der Waals surface area (Å²) in [5.74, 6) is -3.00. The molecule has 69 heavy (non-hydrogen) atoms. The van der Waals surface area contributed by atoms with Crippen LogP contribution in [0, 0.1) is 23.7 Å². The molecule has 22 nitrogen and oxygen atoms in total. The molecule has 22 heteroatoms. The van der Waals surface area contributed by atoms with E-state index in [1.165, 1.54) is 34.6 Å². The van der Waals surface area contributed by atoms with E-state index in [2.05, 4.69) is 29.5 Å². The lowest BCUT2D eigenvalue weighted by Gasteiger charge is -2.50. The van der Waals surface area contributed by atoms with Gasteiger partial charge in [0.1, 0.15) is 43.6 Å². The van der Waals surface area contributed by atoms with Crippen LogP contribution in [0.5, 0.6) is 0 Å². The summed E-state index contributed by atoms with van der Waals surface area (Å²) < 4.78 is 66.5. The second kappa shape index (κ2) is 30.0. The van der Waals surface area contributed by atoms with Gasteiger partial charge >= 0.3 is 11.9 Å². The SMILES string of the molecule is CC(=O)OCC1O[C@]2(C)OC(C)=NC2[C@@H](C)[C@H]1C.CCOCCOCCO[C@@]1(C)OC(CO)[C@H](O)[C@H](O)C1NC(C)=O.CCOCCOCCO[C@@]1(C)OC(COC(C)=O)[C@H](C)[C@H](C)C1NC(C)=O. The molecule has 0 spiro atoms. The summed E-state index contributed by atoms with van der Waals surface area (Å²) in [4.78, 5) is 49.7. The van der Waals surface area contributed by atoms with Gasteiger partial charge in [-0.15, -0.1) is 0 Å². The molecule has 15 atom stereocenters. The van der Waals surface area contributed by atoms with E-state index in [0.29, 0.717) is 64.7 Å². The minimum Gasteiger partial charge on any atom is -0.463 e. The van der Waals surface area contributed by atoms with Crippen molar-refractivity contribution in [2.24, 2.45) is 28.7 Å². The summed E-state index contributed by atoms with van der Waals surface area (Å²) in [6.45, 7) is 29.0. The number of amides is 2. The fraction of sp³-hybridized carbons (Fsp3) is 0.894. The minimum atomic E-state index is -1.42. The highest BCUT2D eigenvalue weighted by Gasteiger charge is 2.55. The summed E-state index contributed by atoms with van der Waals surface area (Å²) in [5.41, 5.74) is 0. The fourth-order valence-electron chi connectivity index (χ4n) is 8.60. The van der Waals surface area contributed by atoms with Gasteiger partial charge in [0.15, 0.2) is 17.5 Å². The van der Waals surface area contributed by atoms with Crippen molar-refractivity contribution >= 4 is 29.7 Å². The lowest BCUT2D eigenvalue weighted by atomic mass is 9.78. The van der Waals surface area contributed by atoms with E-state index < -0.39 is 54.2 Å². The zero-order valence-electron chi connectivity index (χ0n) is 43.4. The summed E-state index contributed by atoms with van der Waals surface area (Å²) in [6, 6.07) is -1.31. The van der Waals surface area contributed by atoms with Gasteiger partial charge in [-0.2, -0.15) is 0 Å². The van der Waals surface area contributed by atoms with Gasteiger partial charge in [0.25, 0.3) is 0 Å². The number of carbonyl (C=O) groups is 4. The Morgan fingerprint density at radius 3 is 1.48 bits per heavy atom. The maximum absolute atomic E-state index is 11.7. The van der Waals surface area contributed by atoms with Crippen molar-refractivity contribution in [2.75, 3.05) is 85.9 Å². The summed E-state index contributed by atoms with van der Waals surface area (Å²) in [6.07, 6.45) is -4.17. The molecule has 4 aliphatic rings. The number of rotatable bonds is 23. The molecule has 402 valence electrons. The first kappa shape index (κ1) is 62.0. The number of nitrogens with one attached hydrogen (secondary N) is 2. The van der Waals surface area contributed by atoms with E-state index in [1.54, 1.807) is 6.92 Å². The molecule has 0 aliphatic carbocycles. The molecule has 4 rings (SSSR count).